The van der Waals surface area contributed by atoms with Crippen LogP contribution in [0.2, 0.25) is 0 Å². The van der Waals surface area contributed by atoms with E-state index >= 15 is 0 Å². The van der Waals surface area contributed by atoms with Crippen molar-refractivity contribution in [2.75, 3.05) is 5.75 Å². The zero-order chi connectivity index (χ0) is 11.3. The maximum atomic E-state index is 11.8. The highest BCUT2D eigenvalue weighted by atomic mass is 32.2. The molecule has 1 aliphatic rings. The molecule has 1 rings (SSSR count). The Morgan fingerprint density at radius 1 is 1.40 bits per heavy atom. The molecule has 2 atom stereocenters. The third-order valence-electron chi connectivity index (χ3n) is 3.09. The Balaban J connectivity index is 2.42. The molecule has 3 nitrogen and oxygen atoms in total. The summed E-state index contributed by atoms with van der Waals surface area (Å²) in [6.45, 7) is 1.79. The van der Waals surface area contributed by atoms with Gasteiger partial charge in [-0.1, -0.05) is 26.2 Å². The van der Waals surface area contributed by atoms with Gasteiger partial charge in [0.25, 0.3) is 0 Å². The molecule has 0 saturated heterocycles. The summed E-state index contributed by atoms with van der Waals surface area (Å²) >= 11 is 0. The van der Waals surface area contributed by atoms with Gasteiger partial charge >= 0.3 is 5.97 Å². The number of rotatable bonds is 5. The van der Waals surface area contributed by atoms with Gasteiger partial charge in [-0.05, 0) is 25.2 Å². The second-order valence-corrected chi connectivity index (χ2v) is 5.95. The Bertz CT molecular complexity index is 234. The van der Waals surface area contributed by atoms with Crippen molar-refractivity contribution in [3.63, 3.8) is 0 Å². The van der Waals surface area contributed by atoms with Gasteiger partial charge in [-0.2, -0.15) is 0 Å². The number of carboxylic acid groups (broad SMARTS) is 1. The van der Waals surface area contributed by atoms with Crippen LogP contribution in [0.25, 0.3) is 0 Å². The second kappa shape index (κ2) is 6.26. The minimum Gasteiger partial charge on any atom is -0.480 e. The molecule has 1 N–H and O–H groups in total. The molecule has 0 spiro atoms. The zero-order valence-electron chi connectivity index (χ0n) is 9.28. The first-order valence-electron chi connectivity index (χ1n) is 5.75. The van der Waals surface area contributed by atoms with E-state index in [0.717, 1.165) is 12.8 Å². The molecule has 15 heavy (non-hydrogen) atoms. The Kier molecular flexibility index (Phi) is 5.29. The quantitative estimate of drug-likeness (QED) is 0.790. The van der Waals surface area contributed by atoms with Gasteiger partial charge in [0.2, 0.25) is 0 Å². The van der Waals surface area contributed by atoms with E-state index in [4.69, 9.17) is 5.11 Å². The molecule has 0 aromatic rings. The minimum atomic E-state index is -1.19. The molecule has 4 heteroatoms. The lowest BCUT2D eigenvalue weighted by Gasteiger charge is -2.22. The van der Waals surface area contributed by atoms with Gasteiger partial charge in [0.15, 0.2) is 0 Å². The van der Waals surface area contributed by atoms with Gasteiger partial charge in [-0.15, -0.1) is 0 Å². The number of carboxylic acids is 1. The van der Waals surface area contributed by atoms with Gasteiger partial charge in [-0.25, -0.2) is 0 Å². The van der Waals surface area contributed by atoms with Crippen molar-refractivity contribution in [1.29, 1.82) is 0 Å². The van der Waals surface area contributed by atoms with E-state index in [2.05, 4.69) is 0 Å². The third-order valence-corrected chi connectivity index (χ3v) is 5.06. The molecule has 0 aromatic heterocycles. The van der Waals surface area contributed by atoms with Gasteiger partial charge in [0, 0.05) is 16.6 Å². The van der Waals surface area contributed by atoms with Crippen molar-refractivity contribution in [1.82, 2.24) is 0 Å². The van der Waals surface area contributed by atoms with E-state index in [1.807, 2.05) is 0 Å². The molecule has 1 saturated carbocycles. The van der Waals surface area contributed by atoms with Crippen LogP contribution < -0.4 is 0 Å². The average Bonchev–Trinajstić information content (AvgIpc) is 2.19. The third kappa shape index (κ3) is 3.93. The van der Waals surface area contributed by atoms with Crippen LogP contribution in [-0.2, 0) is 15.6 Å². The number of hydrogen-bond acceptors (Lipinski definition) is 2. The summed E-state index contributed by atoms with van der Waals surface area (Å²) < 4.78 is 11.8. The van der Waals surface area contributed by atoms with Crippen LogP contribution in [0.3, 0.4) is 0 Å². The maximum absolute atomic E-state index is 11.8. The molecular formula is C11H20O3S. The van der Waals surface area contributed by atoms with Gasteiger partial charge in [0.1, 0.15) is 5.25 Å². The number of aliphatic carboxylic acids is 1. The lowest BCUT2D eigenvalue weighted by atomic mass is 9.91. The first-order valence-corrected chi connectivity index (χ1v) is 7.13. The normalized spacial score (nSPS) is 22.2. The first kappa shape index (κ1) is 12.7. The van der Waals surface area contributed by atoms with E-state index in [-0.39, 0.29) is 0 Å². The highest BCUT2D eigenvalue weighted by Gasteiger charge is 2.25. The fourth-order valence-electron chi connectivity index (χ4n) is 2.18. The van der Waals surface area contributed by atoms with Crippen LogP contribution in [0.15, 0.2) is 0 Å². The van der Waals surface area contributed by atoms with Crippen LogP contribution in [-0.4, -0.2) is 26.3 Å². The summed E-state index contributed by atoms with van der Waals surface area (Å²) in [5, 5.41) is 8.22. The van der Waals surface area contributed by atoms with Crippen molar-refractivity contribution in [3.05, 3.63) is 0 Å². The summed E-state index contributed by atoms with van der Waals surface area (Å²) in [5.74, 6) is 0.171. The highest BCUT2D eigenvalue weighted by molar-refractivity contribution is 7.86. The predicted octanol–water partition coefficient (Wildman–Crippen LogP) is 2.18. The Hall–Kier alpha value is -0.380. The molecule has 0 aliphatic heterocycles. The summed E-state index contributed by atoms with van der Waals surface area (Å²) in [5.41, 5.74) is 0. The van der Waals surface area contributed by atoms with Crippen molar-refractivity contribution in [2.24, 2.45) is 5.92 Å². The molecule has 1 aliphatic carbocycles. The fourth-order valence-corrected chi connectivity index (χ4v) is 3.80. The van der Waals surface area contributed by atoms with Crippen molar-refractivity contribution in [2.45, 2.75) is 50.7 Å². The summed E-state index contributed by atoms with van der Waals surface area (Å²) in [4.78, 5) is 10.8. The SMILES string of the molecule is CCC(C(=O)O)S(=O)CC1CCCCC1. The Labute approximate surface area is 93.7 Å². The van der Waals surface area contributed by atoms with E-state index in [1.54, 1.807) is 6.92 Å². The Morgan fingerprint density at radius 2 is 2.00 bits per heavy atom. The highest BCUT2D eigenvalue weighted by Crippen LogP contribution is 2.25. The molecule has 88 valence electrons. The van der Waals surface area contributed by atoms with E-state index in [1.165, 1.54) is 19.3 Å². The van der Waals surface area contributed by atoms with Crippen molar-refractivity contribution in [3.8, 4) is 0 Å². The van der Waals surface area contributed by atoms with Crippen LogP contribution in [0.4, 0.5) is 0 Å². The smallest absolute Gasteiger partial charge is 0.319 e. The largest absolute Gasteiger partial charge is 0.480 e. The molecule has 0 bridgehead atoms. The van der Waals surface area contributed by atoms with Crippen molar-refractivity contribution >= 4 is 16.8 Å². The molecule has 0 aromatic carbocycles. The molecule has 0 radical (unpaired) electrons. The van der Waals surface area contributed by atoms with Crippen LogP contribution >= 0.6 is 0 Å². The standard InChI is InChI=1S/C11H20O3S/c1-2-10(11(12)13)15(14)8-9-6-4-3-5-7-9/h9-10H,2-8H2,1H3,(H,12,13). The summed E-state index contributed by atoms with van der Waals surface area (Å²) in [6.07, 6.45) is 6.43. The van der Waals surface area contributed by atoms with Gasteiger partial charge in [0.05, 0.1) is 0 Å². The molecule has 1 fully saturated rings. The van der Waals surface area contributed by atoms with Crippen LogP contribution in [0.5, 0.6) is 0 Å². The van der Waals surface area contributed by atoms with E-state index in [9.17, 15) is 9.00 Å². The fraction of sp³-hybridized carbons (Fsp3) is 0.909. The predicted molar refractivity (Wildman–Crippen MR) is 61.3 cm³/mol. The Morgan fingerprint density at radius 3 is 2.47 bits per heavy atom. The topological polar surface area (TPSA) is 54.4 Å². The van der Waals surface area contributed by atoms with Gasteiger partial charge in [-0.3, -0.25) is 9.00 Å². The van der Waals surface area contributed by atoms with Gasteiger partial charge < -0.3 is 5.11 Å². The molecular weight excluding hydrogens is 212 g/mol. The number of carbonyl (C=O) groups is 1. The molecule has 0 heterocycles. The second-order valence-electron chi connectivity index (χ2n) is 4.29. The van der Waals surface area contributed by atoms with E-state index < -0.39 is 22.0 Å². The lowest BCUT2D eigenvalue weighted by Crippen LogP contribution is -2.29. The molecule has 0 amide bonds. The summed E-state index contributed by atoms with van der Waals surface area (Å²) in [6, 6.07) is 0. The number of hydrogen-bond donors (Lipinski definition) is 1. The van der Waals surface area contributed by atoms with Crippen LogP contribution in [0.1, 0.15) is 45.4 Å². The maximum Gasteiger partial charge on any atom is 0.319 e. The lowest BCUT2D eigenvalue weighted by molar-refractivity contribution is -0.136. The monoisotopic (exact) mass is 232 g/mol. The average molecular weight is 232 g/mol. The zero-order valence-corrected chi connectivity index (χ0v) is 10.1. The first-order chi connectivity index (χ1) is 7.15. The van der Waals surface area contributed by atoms with Crippen molar-refractivity contribution < 1.29 is 14.1 Å². The van der Waals surface area contributed by atoms with E-state index in [0.29, 0.717) is 18.1 Å². The molecule has 2 unspecified atom stereocenters. The minimum absolute atomic E-state index is 0.467. The summed E-state index contributed by atoms with van der Waals surface area (Å²) in [7, 11) is -1.19. The van der Waals surface area contributed by atoms with Crippen LogP contribution in [0, 0.1) is 5.92 Å².